The summed E-state index contributed by atoms with van der Waals surface area (Å²) in [4.78, 5) is 11.8. The van der Waals surface area contributed by atoms with Crippen LogP contribution in [0.3, 0.4) is 0 Å². The molecule has 0 saturated heterocycles. The predicted octanol–water partition coefficient (Wildman–Crippen LogP) is 3.07. The van der Waals surface area contributed by atoms with E-state index in [1.807, 2.05) is 19.1 Å². The van der Waals surface area contributed by atoms with Crippen LogP contribution in [0.2, 0.25) is 0 Å². The number of oxazole rings is 1. The largest absolute Gasteiger partial charge is 0.419 e. The van der Waals surface area contributed by atoms with Crippen molar-refractivity contribution in [2.24, 2.45) is 5.92 Å². The first kappa shape index (κ1) is 13.4. The molecule has 0 aliphatic heterocycles. The summed E-state index contributed by atoms with van der Waals surface area (Å²) in [5.41, 5.74) is 2.84. The molecule has 0 spiro atoms. The molecule has 20 heavy (non-hydrogen) atoms. The van der Waals surface area contributed by atoms with Gasteiger partial charge in [0.2, 0.25) is 0 Å². The van der Waals surface area contributed by atoms with Crippen LogP contribution in [0.1, 0.15) is 44.7 Å². The topological polar surface area (TPSA) is 47.2 Å². The zero-order valence-corrected chi connectivity index (χ0v) is 12.2. The maximum Gasteiger partial charge on any atom is 0.419 e. The van der Waals surface area contributed by atoms with Gasteiger partial charge in [0.25, 0.3) is 0 Å². The van der Waals surface area contributed by atoms with E-state index >= 15 is 0 Å². The average Bonchev–Trinajstić information content (AvgIpc) is 2.70. The van der Waals surface area contributed by atoms with Gasteiger partial charge in [-0.25, -0.2) is 4.79 Å². The first-order valence-electron chi connectivity index (χ1n) is 7.61. The molecule has 2 aromatic rings. The highest BCUT2D eigenvalue weighted by Crippen LogP contribution is 2.38. The molecule has 1 unspecified atom stereocenters. The minimum Gasteiger partial charge on any atom is -0.408 e. The number of rotatable bonds is 5. The van der Waals surface area contributed by atoms with Crippen molar-refractivity contribution in [2.45, 2.75) is 45.7 Å². The third kappa shape index (κ3) is 2.18. The second kappa shape index (κ2) is 5.44. The number of aromatic nitrogens is 1. The van der Waals surface area contributed by atoms with Crippen molar-refractivity contribution in [3.05, 3.63) is 34.3 Å². The number of fused-ring (bicyclic) bond motifs is 1. The van der Waals surface area contributed by atoms with Gasteiger partial charge in [-0.1, -0.05) is 19.4 Å². The first-order valence-corrected chi connectivity index (χ1v) is 7.61. The van der Waals surface area contributed by atoms with Crippen molar-refractivity contribution in [3.8, 4) is 0 Å². The van der Waals surface area contributed by atoms with Crippen LogP contribution in [0.25, 0.3) is 11.1 Å². The highest BCUT2D eigenvalue weighted by molar-refractivity contribution is 5.74. The van der Waals surface area contributed by atoms with Crippen molar-refractivity contribution >= 4 is 11.1 Å². The molecule has 1 aliphatic rings. The lowest BCUT2D eigenvalue weighted by molar-refractivity contribution is 0.233. The molecule has 4 heteroatoms. The fourth-order valence-corrected chi connectivity index (χ4v) is 3.13. The Balaban J connectivity index is 2.00. The van der Waals surface area contributed by atoms with Gasteiger partial charge in [-0.05, 0) is 49.9 Å². The normalized spacial score (nSPS) is 17.3. The Morgan fingerprint density at radius 1 is 1.40 bits per heavy atom. The van der Waals surface area contributed by atoms with Crippen LogP contribution >= 0.6 is 0 Å². The van der Waals surface area contributed by atoms with Crippen molar-refractivity contribution in [3.63, 3.8) is 0 Å². The highest BCUT2D eigenvalue weighted by atomic mass is 16.4. The number of benzene rings is 1. The molecule has 0 radical (unpaired) electrons. The molecule has 4 nitrogen and oxygen atoms in total. The second-order valence-electron chi connectivity index (χ2n) is 5.57. The summed E-state index contributed by atoms with van der Waals surface area (Å²) < 4.78 is 7.04. The highest BCUT2D eigenvalue weighted by Gasteiger charge is 2.28. The molecule has 1 aromatic carbocycles. The van der Waals surface area contributed by atoms with Gasteiger partial charge in [0.1, 0.15) is 0 Å². The van der Waals surface area contributed by atoms with Gasteiger partial charge in [-0.2, -0.15) is 0 Å². The van der Waals surface area contributed by atoms with Crippen LogP contribution in [0.4, 0.5) is 0 Å². The van der Waals surface area contributed by atoms with Crippen LogP contribution < -0.4 is 11.1 Å². The first-order chi connectivity index (χ1) is 9.74. The van der Waals surface area contributed by atoms with Crippen LogP contribution in [0, 0.1) is 5.92 Å². The minimum absolute atomic E-state index is 0.261. The SMILES string of the molecule is CCNC(c1ccc2c(c1)oc(=O)n2CC)C1CCC1. The summed E-state index contributed by atoms with van der Waals surface area (Å²) in [6.45, 7) is 5.70. The number of hydrogen-bond acceptors (Lipinski definition) is 3. The Morgan fingerprint density at radius 3 is 2.80 bits per heavy atom. The number of nitrogens with zero attached hydrogens (tertiary/aromatic N) is 1. The van der Waals surface area contributed by atoms with Crippen molar-refractivity contribution in [2.75, 3.05) is 6.54 Å². The van der Waals surface area contributed by atoms with Crippen LogP contribution in [0.5, 0.6) is 0 Å². The molecular weight excluding hydrogens is 252 g/mol. The minimum atomic E-state index is -0.261. The lowest BCUT2D eigenvalue weighted by atomic mass is 9.77. The summed E-state index contributed by atoms with van der Waals surface area (Å²) in [7, 11) is 0. The molecule has 1 heterocycles. The summed E-state index contributed by atoms with van der Waals surface area (Å²) in [5, 5.41) is 3.57. The van der Waals surface area contributed by atoms with Gasteiger partial charge in [0.05, 0.1) is 5.52 Å². The van der Waals surface area contributed by atoms with Gasteiger partial charge >= 0.3 is 5.76 Å². The van der Waals surface area contributed by atoms with E-state index in [0.717, 1.165) is 12.1 Å². The number of aryl methyl sites for hydroxylation is 1. The van der Waals surface area contributed by atoms with E-state index in [1.165, 1.54) is 24.8 Å². The van der Waals surface area contributed by atoms with E-state index in [0.29, 0.717) is 24.1 Å². The lowest BCUT2D eigenvalue weighted by Gasteiger charge is -2.34. The van der Waals surface area contributed by atoms with Gasteiger partial charge < -0.3 is 9.73 Å². The standard InChI is InChI=1S/C16H22N2O2/c1-3-17-15(11-6-5-7-11)12-8-9-13-14(10-12)20-16(19)18(13)4-2/h8-11,15,17H,3-7H2,1-2H3. The Labute approximate surface area is 118 Å². The molecule has 0 amide bonds. The van der Waals surface area contributed by atoms with E-state index in [1.54, 1.807) is 4.57 Å². The van der Waals surface area contributed by atoms with E-state index < -0.39 is 0 Å². The molecule has 0 bridgehead atoms. The second-order valence-corrected chi connectivity index (χ2v) is 5.57. The monoisotopic (exact) mass is 274 g/mol. The van der Waals surface area contributed by atoms with E-state index in [4.69, 9.17) is 4.42 Å². The molecule has 3 rings (SSSR count). The predicted molar refractivity (Wildman–Crippen MR) is 79.9 cm³/mol. The molecule has 1 saturated carbocycles. The summed E-state index contributed by atoms with van der Waals surface area (Å²) >= 11 is 0. The third-order valence-electron chi connectivity index (χ3n) is 4.41. The van der Waals surface area contributed by atoms with Gasteiger partial charge in [0.15, 0.2) is 5.58 Å². The summed E-state index contributed by atoms with van der Waals surface area (Å²) in [6.07, 6.45) is 3.90. The Kier molecular flexibility index (Phi) is 3.66. The smallest absolute Gasteiger partial charge is 0.408 e. The third-order valence-corrected chi connectivity index (χ3v) is 4.41. The van der Waals surface area contributed by atoms with Gasteiger partial charge in [-0.3, -0.25) is 4.57 Å². The zero-order chi connectivity index (χ0) is 14.1. The Bertz CT molecular complexity index is 652. The van der Waals surface area contributed by atoms with Crippen molar-refractivity contribution in [1.29, 1.82) is 0 Å². The lowest BCUT2D eigenvalue weighted by Crippen LogP contribution is -2.32. The van der Waals surface area contributed by atoms with E-state index in [-0.39, 0.29) is 5.76 Å². The molecule has 1 aliphatic carbocycles. The fraction of sp³-hybridized carbons (Fsp3) is 0.562. The van der Waals surface area contributed by atoms with Gasteiger partial charge in [-0.15, -0.1) is 0 Å². The maximum absolute atomic E-state index is 11.8. The number of hydrogen-bond donors (Lipinski definition) is 1. The summed E-state index contributed by atoms with van der Waals surface area (Å²) in [5.74, 6) is 0.454. The van der Waals surface area contributed by atoms with Crippen LogP contribution in [0.15, 0.2) is 27.4 Å². The van der Waals surface area contributed by atoms with Crippen LogP contribution in [-0.4, -0.2) is 11.1 Å². The zero-order valence-electron chi connectivity index (χ0n) is 12.2. The Hall–Kier alpha value is -1.55. The van der Waals surface area contributed by atoms with Crippen molar-refractivity contribution in [1.82, 2.24) is 9.88 Å². The van der Waals surface area contributed by atoms with E-state index in [9.17, 15) is 4.79 Å². The maximum atomic E-state index is 11.8. The molecule has 1 fully saturated rings. The average molecular weight is 274 g/mol. The summed E-state index contributed by atoms with van der Waals surface area (Å²) in [6, 6.07) is 6.57. The fourth-order valence-electron chi connectivity index (χ4n) is 3.13. The quantitative estimate of drug-likeness (QED) is 0.911. The molecule has 1 N–H and O–H groups in total. The molecule has 1 atom stereocenters. The number of nitrogens with one attached hydrogen (secondary N) is 1. The van der Waals surface area contributed by atoms with Crippen LogP contribution in [-0.2, 0) is 6.54 Å². The molecular formula is C16H22N2O2. The molecule has 1 aromatic heterocycles. The van der Waals surface area contributed by atoms with Gasteiger partial charge in [0, 0.05) is 12.6 Å². The Morgan fingerprint density at radius 2 is 2.20 bits per heavy atom. The molecule has 108 valence electrons. The van der Waals surface area contributed by atoms with E-state index in [2.05, 4.69) is 18.3 Å². The van der Waals surface area contributed by atoms with Crippen molar-refractivity contribution < 1.29 is 4.42 Å².